The van der Waals surface area contributed by atoms with Gasteiger partial charge in [-0.3, -0.25) is 0 Å². The van der Waals surface area contributed by atoms with Crippen molar-refractivity contribution in [1.29, 1.82) is 0 Å². The zero-order chi connectivity index (χ0) is 11.8. The molecule has 0 aliphatic heterocycles. The number of ether oxygens (including phenoxy) is 1. The van der Waals surface area contributed by atoms with Gasteiger partial charge in [-0.15, -0.1) is 0 Å². The summed E-state index contributed by atoms with van der Waals surface area (Å²) in [6.45, 7) is 4.24. The SMILES string of the molecule is CCCC(CCC)OC(=O)C1=CCCC=C1. The third-order valence-electron chi connectivity index (χ3n) is 2.73. The summed E-state index contributed by atoms with van der Waals surface area (Å²) in [5.74, 6) is -0.150. The smallest absolute Gasteiger partial charge is 0.338 e. The Hall–Kier alpha value is -1.05. The van der Waals surface area contributed by atoms with Gasteiger partial charge in [-0.25, -0.2) is 4.79 Å². The van der Waals surface area contributed by atoms with E-state index < -0.39 is 0 Å². The van der Waals surface area contributed by atoms with Gasteiger partial charge in [0.05, 0.1) is 5.57 Å². The molecule has 0 radical (unpaired) electrons. The molecule has 0 spiro atoms. The van der Waals surface area contributed by atoms with Gasteiger partial charge >= 0.3 is 5.97 Å². The molecular weight excluding hydrogens is 200 g/mol. The summed E-state index contributed by atoms with van der Waals surface area (Å²) in [6, 6.07) is 0. The molecule has 0 aromatic heterocycles. The van der Waals surface area contributed by atoms with E-state index in [9.17, 15) is 4.79 Å². The maximum absolute atomic E-state index is 11.8. The molecule has 0 saturated heterocycles. The van der Waals surface area contributed by atoms with E-state index in [-0.39, 0.29) is 12.1 Å². The number of hydrogen-bond donors (Lipinski definition) is 0. The lowest BCUT2D eigenvalue weighted by Gasteiger charge is -2.17. The molecule has 0 unspecified atom stereocenters. The molecule has 2 heteroatoms. The van der Waals surface area contributed by atoms with Crippen LogP contribution in [0, 0.1) is 0 Å². The summed E-state index contributed by atoms with van der Waals surface area (Å²) < 4.78 is 5.51. The Balaban J connectivity index is 2.47. The zero-order valence-electron chi connectivity index (χ0n) is 10.4. The Kier molecular flexibility index (Phi) is 5.91. The highest BCUT2D eigenvalue weighted by atomic mass is 16.5. The summed E-state index contributed by atoms with van der Waals surface area (Å²) in [4.78, 5) is 11.8. The number of carbonyl (C=O) groups excluding carboxylic acids is 1. The van der Waals surface area contributed by atoms with Crippen LogP contribution in [0.15, 0.2) is 23.8 Å². The van der Waals surface area contributed by atoms with Crippen LogP contribution in [0.4, 0.5) is 0 Å². The van der Waals surface area contributed by atoms with Crippen LogP contribution >= 0.6 is 0 Å². The molecule has 0 N–H and O–H groups in total. The van der Waals surface area contributed by atoms with Crippen molar-refractivity contribution in [3.05, 3.63) is 23.8 Å². The van der Waals surface area contributed by atoms with Crippen molar-refractivity contribution >= 4 is 5.97 Å². The van der Waals surface area contributed by atoms with E-state index in [1.807, 2.05) is 18.2 Å². The second-order valence-corrected chi connectivity index (χ2v) is 4.24. The fourth-order valence-corrected chi connectivity index (χ4v) is 1.89. The summed E-state index contributed by atoms with van der Waals surface area (Å²) in [5.41, 5.74) is 0.725. The molecule has 0 saturated carbocycles. The second-order valence-electron chi connectivity index (χ2n) is 4.24. The van der Waals surface area contributed by atoms with Crippen LogP contribution in [0.3, 0.4) is 0 Å². The lowest BCUT2D eigenvalue weighted by atomic mass is 10.1. The van der Waals surface area contributed by atoms with Crippen LogP contribution in [0.1, 0.15) is 52.4 Å². The summed E-state index contributed by atoms with van der Waals surface area (Å²) in [5, 5.41) is 0. The van der Waals surface area contributed by atoms with Gasteiger partial charge in [0.1, 0.15) is 6.10 Å². The second kappa shape index (κ2) is 7.26. The van der Waals surface area contributed by atoms with Crippen LogP contribution in [0.25, 0.3) is 0 Å². The highest BCUT2D eigenvalue weighted by molar-refractivity contribution is 5.91. The monoisotopic (exact) mass is 222 g/mol. The first-order valence-electron chi connectivity index (χ1n) is 6.35. The molecule has 1 aliphatic rings. The molecule has 0 amide bonds. The fraction of sp³-hybridized carbons (Fsp3) is 0.643. The van der Waals surface area contributed by atoms with Crippen molar-refractivity contribution in [2.45, 2.75) is 58.5 Å². The minimum Gasteiger partial charge on any atom is -0.459 e. The third kappa shape index (κ3) is 4.21. The topological polar surface area (TPSA) is 26.3 Å². The maximum Gasteiger partial charge on any atom is 0.338 e. The number of esters is 1. The van der Waals surface area contributed by atoms with Crippen LogP contribution in [0.5, 0.6) is 0 Å². The van der Waals surface area contributed by atoms with Gasteiger partial charge in [-0.1, -0.05) is 44.9 Å². The lowest BCUT2D eigenvalue weighted by molar-refractivity contribution is -0.144. The first-order chi connectivity index (χ1) is 7.77. The average molecular weight is 222 g/mol. The maximum atomic E-state index is 11.8. The fourth-order valence-electron chi connectivity index (χ4n) is 1.89. The van der Waals surface area contributed by atoms with Crippen molar-refractivity contribution in [3.63, 3.8) is 0 Å². The van der Waals surface area contributed by atoms with E-state index >= 15 is 0 Å². The van der Waals surface area contributed by atoms with Crippen LogP contribution in [0.2, 0.25) is 0 Å². The number of hydrogen-bond acceptors (Lipinski definition) is 2. The number of rotatable bonds is 6. The normalized spacial score (nSPS) is 15.1. The Morgan fingerprint density at radius 1 is 1.31 bits per heavy atom. The largest absolute Gasteiger partial charge is 0.459 e. The van der Waals surface area contributed by atoms with Crippen molar-refractivity contribution < 1.29 is 9.53 Å². The minimum atomic E-state index is -0.150. The van der Waals surface area contributed by atoms with E-state index in [1.54, 1.807) is 0 Å². The summed E-state index contributed by atoms with van der Waals surface area (Å²) in [7, 11) is 0. The van der Waals surface area contributed by atoms with E-state index in [1.165, 1.54) is 0 Å². The van der Waals surface area contributed by atoms with Gasteiger partial charge in [-0.2, -0.15) is 0 Å². The summed E-state index contributed by atoms with van der Waals surface area (Å²) in [6.07, 6.45) is 12.0. The first kappa shape index (κ1) is 13.0. The van der Waals surface area contributed by atoms with Crippen molar-refractivity contribution in [3.8, 4) is 0 Å². The summed E-state index contributed by atoms with van der Waals surface area (Å²) >= 11 is 0. The van der Waals surface area contributed by atoms with Crippen LogP contribution < -0.4 is 0 Å². The van der Waals surface area contributed by atoms with Crippen molar-refractivity contribution in [1.82, 2.24) is 0 Å². The molecule has 90 valence electrons. The van der Waals surface area contributed by atoms with Gasteiger partial charge in [-0.05, 0) is 25.7 Å². The highest BCUT2D eigenvalue weighted by Crippen LogP contribution is 2.15. The van der Waals surface area contributed by atoms with Gasteiger partial charge in [0.2, 0.25) is 0 Å². The van der Waals surface area contributed by atoms with Crippen molar-refractivity contribution in [2.24, 2.45) is 0 Å². The molecule has 2 nitrogen and oxygen atoms in total. The van der Waals surface area contributed by atoms with Crippen LogP contribution in [-0.4, -0.2) is 12.1 Å². The van der Waals surface area contributed by atoms with E-state index in [4.69, 9.17) is 4.74 Å². The van der Waals surface area contributed by atoms with E-state index in [0.717, 1.165) is 44.1 Å². The first-order valence-corrected chi connectivity index (χ1v) is 6.35. The van der Waals surface area contributed by atoms with Gasteiger partial charge in [0, 0.05) is 0 Å². The predicted molar refractivity (Wildman–Crippen MR) is 66.2 cm³/mol. The molecule has 0 fully saturated rings. The molecule has 1 rings (SSSR count). The van der Waals surface area contributed by atoms with E-state index in [2.05, 4.69) is 13.8 Å². The van der Waals surface area contributed by atoms with E-state index in [0.29, 0.717) is 0 Å². The Labute approximate surface area is 98.4 Å². The van der Waals surface area contributed by atoms with Gasteiger partial charge in [0.25, 0.3) is 0 Å². The molecule has 0 atom stereocenters. The zero-order valence-corrected chi connectivity index (χ0v) is 10.4. The minimum absolute atomic E-state index is 0.0960. The number of allylic oxidation sites excluding steroid dienone is 2. The average Bonchev–Trinajstić information content (AvgIpc) is 2.31. The molecule has 16 heavy (non-hydrogen) atoms. The standard InChI is InChI=1S/C14H22O2/c1-3-8-13(9-4-2)16-14(15)12-10-6-5-7-11-12/h6,10-11,13H,3-5,7-9H2,1-2H3. The lowest BCUT2D eigenvalue weighted by Crippen LogP contribution is -2.19. The predicted octanol–water partition coefficient (Wildman–Crippen LogP) is 3.77. The highest BCUT2D eigenvalue weighted by Gasteiger charge is 2.15. The third-order valence-corrected chi connectivity index (χ3v) is 2.73. The Morgan fingerprint density at radius 3 is 2.50 bits per heavy atom. The molecule has 1 aliphatic carbocycles. The quantitative estimate of drug-likeness (QED) is 0.639. The molecule has 0 aromatic rings. The van der Waals surface area contributed by atoms with Gasteiger partial charge in [0.15, 0.2) is 0 Å². The molecule has 0 heterocycles. The Bertz CT molecular complexity index is 270. The molecule has 0 aromatic carbocycles. The van der Waals surface area contributed by atoms with Crippen molar-refractivity contribution in [2.75, 3.05) is 0 Å². The Morgan fingerprint density at radius 2 is 2.00 bits per heavy atom. The molecule has 0 bridgehead atoms. The number of carbonyl (C=O) groups is 1. The van der Waals surface area contributed by atoms with Crippen LogP contribution in [-0.2, 0) is 9.53 Å². The molecular formula is C14H22O2. The van der Waals surface area contributed by atoms with Gasteiger partial charge < -0.3 is 4.74 Å².